The van der Waals surface area contributed by atoms with Gasteiger partial charge in [-0.2, -0.15) is 0 Å². The van der Waals surface area contributed by atoms with E-state index in [0.717, 1.165) is 12.8 Å². The van der Waals surface area contributed by atoms with Gasteiger partial charge in [0.1, 0.15) is 5.56 Å². The number of carbonyl (C=O) groups is 1. The Morgan fingerprint density at radius 2 is 2.19 bits per heavy atom. The molecule has 0 fully saturated rings. The molecule has 0 saturated heterocycles. The molecule has 0 spiro atoms. The maximum Gasteiger partial charge on any atom is 0.342 e. The fraction of sp³-hybridized carbons (Fsp3) is 0.364. The number of hydrogen-bond acceptors (Lipinski definition) is 3. The van der Waals surface area contributed by atoms with E-state index in [-0.39, 0.29) is 11.3 Å². The number of nitro groups is 1. The molecular weight excluding hydrogens is 210 g/mol. The molecule has 0 heterocycles. The van der Waals surface area contributed by atoms with E-state index in [1.165, 1.54) is 6.07 Å². The van der Waals surface area contributed by atoms with Crippen LogP contribution in [0.3, 0.4) is 0 Å². The third-order valence-electron chi connectivity index (χ3n) is 2.33. The number of unbranched alkanes of at least 4 members (excludes halogenated alkanes) is 1. The van der Waals surface area contributed by atoms with Gasteiger partial charge in [0.05, 0.1) is 4.92 Å². The maximum atomic E-state index is 10.9. The summed E-state index contributed by atoms with van der Waals surface area (Å²) in [6.45, 7) is 1.98. The molecule has 86 valence electrons. The Hall–Kier alpha value is -1.91. The molecule has 0 aliphatic heterocycles. The molecule has 1 aromatic rings. The molecule has 16 heavy (non-hydrogen) atoms. The van der Waals surface area contributed by atoms with Crippen LogP contribution in [0.4, 0.5) is 5.69 Å². The van der Waals surface area contributed by atoms with Crippen LogP contribution in [0.15, 0.2) is 18.2 Å². The standard InChI is InChI=1S/C11H13NO4/c1-2-3-5-8-6-4-7-9(11(13)14)10(8)12(15)16/h4,6-7H,2-3,5H2,1H3,(H,13,14). The van der Waals surface area contributed by atoms with Crippen LogP contribution in [0.25, 0.3) is 0 Å². The fourth-order valence-corrected chi connectivity index (χ4v) is 1.55. The highest BCUT2D eigenvalue weighted by Gasteiger charge is 2.23. The largest absolute Gasteiger partial charge is 0.477 e. The number of para-hydroxylation sites is 1. The Morgan fingerprint density at radius 3 is 2.69 bits per heavy atom. The molecule has 0 bridgehead atoms. The van der Waals surface area contributed by atoms with Gasteiger partial charge in [-0.15, -0.1) is 0 Å². The van der Waals surface area contributed by atoms with Crippen LogP contribution in [-0.4, -0.2) is 16.0 Å². The first-order valence-corrected chi connectivity index (χ1v) is 5.07. The monoisotopic (exact) mass is 223 g/mol. The van der Waals surface area contributed by atoms with Crippen LogP contribution >= 0.6 is 0 Å². The molecule has 0 aliphatic carbocycles. The van der Waals surface area contributed by atoms with Gasteiger partial charge in [0.15, 0.2) is 0 Å². The zero-order valence-electron chi connectivity index (χ0n) is 8.97. The van der Waals surface area contributed by atoms with Crippen molar-refractivity contribution >= 4 is 11.7 Å². The molecule has 0 saturated carbocycles. The van der Waals surface area contributed by atoms with E-state index < -0.39 is 10.9 Å². The lowest BCUT2D eigenvalue weighted by Gasteiger charge is -2.04. The predicted molar refractivity (Wildman–Crippen MR) is 58.7 cm³/mol. The summed E-state index contributed by atoms with van der Waals surface area (Å²) in [6, 6.07) is 4.41. The average molecular weight is 223 g/mol. The Balaban J connectivity index is 3.21. The van der Waals surface area contributed by atoms with Crippen LogP contribution in [0.2, 0.25) is 0 Å². The fourth-order valence-electron chi connectivity index (χ4n) is 1.55. The highest BCUT2D eigenvalue weighted by Crippen LogP contribution is 2.25. The second kappa shape index (κ2) is 5.25. The normalized spacial score (nSPS) is 10.1. The van der Waals surface area contributed by atoms with Crippen LogP contribution in [0.1, 0.15) is 35.7 Å². The molecule has 1 aromatic carbocycles. The van der Waals surface area contributed by atoms with Crippen molar-refractivity contribution in [1.29, 1.82) is 0 Å². The molecule has 0 radical (unpaired) electrons. The summed E-state index contributed by atoms with van der Waals surface area (Å²) in [6.07, 6.45) is 2.26. The quantitative estimate of drug-likeness (QED) is 0.614. The van der Waals surface area contributed by atoms with Gasteiger partial charge in [-0.05, 0) is 18.9 Å². The molecule has 0 aromatic heterocycles. The number of carboxylic acid groups (broad SMARTS) is 1. The van der Waals surface area contributed by atoms with E-state index in [1.54, 1.807) is 12.1 Å². The number of carboxylic acids is 1. The Bertz CT molecular complexity index is 414. The second-order valence-electron chi connectivity index (χ2n) is 3.48. The minimum Gasteiger partial charge on any atom is -0.477 e. The van der Waals surface area contributed by atoms with Crippen molar-refractivity contribution in [3.63, 3.8) is 0 Å². The van der Waals surface area contributed by atoms with Gasteiger partial charge in [0, 0.05) is 5.56 Å². The average Bonchev–Trinajstić information content (AvgIpc) is 2.25. The van der Waals surface area contributed by atoms with E-state index in [0.29, 0.717) is 12.0 Å². The van der Waals surface area contributed by atoms with Crippen LogP contribution < -0.4 is 0 Å². The number of aryl methyl sites for hydroxylation is 1. The number of hydrogen-bond donors (Lipinski definition) is 1. The second-order valence-corrected chi connectivity index (χ2v) is 3.48. The predicted octanol–water partition coefficient (Wildman–Crippen LogP) is 2.64. The van der Waals surface area contributed by atoms with Crippen LogP contribution in [-0.2, 0) is 6.42 Å². The van der Waals surface area contributed by atoms with Gasteiger partial charge in [-0.25, -0.2) is 4.79 Å². The van der Waals surface area contributed by atoms with Crippen molar-refractivity contribution in [1.82, 2.24) is 0 Å². The van der Waals surface area contributed by atoms with Crippen LogP contribution in [0, 0.1) is 10.1 Å². The van der Waals surface area contributed by atoms with E-state index in [4.69, 9.17) is 5.11 Å². The molecule has 0 aliphatic rings. The molecule has 5 heteroatoms. The number of nitro benzene ring substituents is 1. The van der Waals surface area contributed by atoms with Gasteiger partial charge in [0.2, 0.25) is 0 Å². The summed E-state index contributed by atoms with van der Waals surface area (Å²) in [7, 11) is 0. The Labute approximate surface area is 92.9 Å². The highest BCUT2D eigenvalue weighted by atomic mass is 16.6. The maximum absolute atomic E-state index is 10.9. The number of aromatic carboxylic acids is 1. The molecule has 1 rings (SSSR count). The molecule has 0 amide bonds. The minimum atomic E-state index is -1.26. The summed E-state index contributed by atoms with van der Waals surface area (Å²) in [4.78, 5) is 21.1. The van der Waals surface area contributed by atoms with Crippen molar-refractivity contribution in [2.24, 2.45) is 0 Å². The summed E-state index contributed by atoms with van der Waals surface area (Å²) >= 11 is 0. The SMILES string of the molecule is CCCCc1cccc(C(=O)O)c1[N+](=O)[O-]. The van der Waals surface area contributed by atoms with Gasteiger partial charge >= 0.3 is 5.97 Å². The summed E-state index contributed by atoms with van der Waals surface area (Å²) in [5.74, 6) is -1.26. The van der Waals surface area contributed by atoms with Crippen molar-refractivity contribution in [3.8, 4) is 0 Å². The molecular formula is C11H13NO4. The first-order valence-electron chi connectivity index (χ1n) is 5.07. The zero-order valence-corrected chi connectivity index (χ0v) is 8.97. The van der Waals surface area contributed by atoms with E-state index in [1.807, 2.05) is 6.92 Å². The Morgan fingerprint density at radius 1 is 1.50 bits per heavy atom. The third kappa shape index (κ3) is 2.56. The lowest BCUT2D eigenvalue weighted by atomic mass is 10.0. The highest BCUT2D eigenvalue weighted by molar-refractivity contribution is 5.93. The van der Waals surface area contributed by atoms with E-state index in [2.05, 4.69) is 0 Å². The van der Waals surface area contributed by atoms with E-state index >= 15 is 0 Å². The van der Waals surface area contributed by atoms with E-state index in [9.17, 15) is 14.9 Å². The summed E-state index contributed by atoms with van der Waals surface area (Å²) in [5, 5.41) is 19.7. The molecule has 0 atom stereocenters. The van der Waals surface area contributed by atoms with Crippen LogP contribution in [0.5, 0.6) is 0 Å². The lowest BCUT2D eigenvalue weighted by Crippen LogP contribution is -2.05. The zero-order chi connectivity index (χ0) is 12.1. The van der Waals surface area contributed by atoms with Gasteiger partial charge < -0.3 is 5.11 Å². The van der Waals surface area contributed by atoms with Gasteiger partial charge in [-0.3, -0.25) is 10.1 Å². The number of nitrogens with zero attached hydrogens (tertiary/aromatic N) is 1. The summed E-state index contributed by atoms with van der Waals surface area (Å²) in [5.41, 5.74) is -0.0196. The lowest BCUT2D eigenvalue weighted by molar-refractivity contribution is -0.385. The van der Waals surface area contributed by atoms with Crippen molar-refractivity contribution < 1.29 is 14.8 Å². The third-order valence-corrected chi connectivity index (χ3v) is 2.33. The van der Waals surface area contributed by atoms with Crippen molar-refractivity contribution in [2.45, 2.75) is 26.2 Å². The molecule has 0 unspecified atom stereocenters. The van der Waals surface area contributed by atoms with Gasteiger partial charge in [0.25, 0.3) is 5.69 Å². The minimum absolute atomic E-state index is 0.237. The smallest absolute Gasteiger partial charge is 0.342 e. The van der Waals surface area contributed by atoms with Crippen molar-refractivity contribution in [3.05, 3.63) is 39.4 Å². The van der Waals surface area contributed by atoms with Crippen molar-refractivity contribution in [2.75, 3.05) is 0 Å². The number of rotatable bonds is 5. The molecule has 1 N–H and O–H groups in total. The first kappa shape index (κ1) is 12.2. The first-order chi connectivity index (χ1) is 7.57. The van der Waals surface area contributed by atoms with Gasteiger partial charge in [-0.1, -0.05) is 25.5 Å². The molecule has 5 nitrogen and oxygen atoms in total. The summed E-state index contributed by atoms with van der Waals surface area (Å²) < 4.78 is 0. The Kier molecular flexibility index (Phi) is 3.99. The topological polar surface area (TPSA) is 80.4 Å². The number of benzene rings is 1.